The van der Waals surface area contributed by atoms with E-state index in [-0.39, 0.29) is 48.7 Å². The summed E-state index contributed by atoms with van der Waals surface area (Å²) in [6.07, 6.45) is -0.0338. The average Bonchev–Trinajstić information content (AvgIpc) is 3.35. The van der Waals surface area contributed by atoms with E-state index in [1.165, 1.54) is 0 Å². The van der Waals surface area contributed by atoms with Crippen LogP contribution in [0.25, 0.3) is 22.3 Å². The minimum absolute atomic E-state index is 0.0698. The van der Waals surface area contributed by atoms with Gasteiger partial charge in [-0.25, -0.2) is 14.6 Å². The van der Waals surface area contributed by atoms with Crippen LogP contribution in [-0.4, -0.2) is 82.2 Å². The molecule has 0 spiro atoms. The number of carbonyl (C=O) groups is 3. The molecule has 0 saturated carbocycles. The number of aryl methyl sites for hydroxylation is 1. The lowest BCUT2D eigenvalue weighted by Gasteiger charge is -2.32. The number of pyridine rings is 2. The second kappa shape index (κ2) is 10.5. The third-order valence-electron chi connectivity index (χ3n) is 8.58. The van der Waals surface area contributed by atoms with E-state index in [0.717, 1.165) is 29.6 Å². The highest BCUT2D eigenvalue weighted by atomic mass is 16.6. The molecule has 1 atom stereocenters. The zero-order valence-corrected chi connectivity index (χ0v) is 23.9. The second-order valence-corrected chi connectivity index (χ2v) is 11.0. The molecule has 12 nitrogen and oxygen atoms in total. The van der Waals surface area contributed by atoms with Crippen LogP contribution in [-0.2, 0) is 39.5 Å². The first-order valence-electron chi connectivity index (χ1n) is 14.2. The maximum atomic E-state index is 13.5. The fourth-order valence-corrected chi connectivity index (χ4v) is 6.07. The lowest BCUT2D eigenvalue weighted by Crippen LogP contribution is -2.50. The molecule has 1 fully saturated rings. The summed E-state index contributed by atoms with van der Waals surface area (Å²) in [5.41, 5.74) is 1.93. The molecule has 1 saturated heterocycles. The molecule has 2 amide bonds. The van der Waals surface area contributed by atoms with Crippen LogP contribution < -0.4 is 15.6 Å². The molecule has 0 radical (unpaired) electrons. The molecule has 2 aromatic heterocycles. The van der Waals surface area contributed by atoms with Gasteiger partial charge in [-0.2, -0.15) is 0 Å². The Bertz CT molecular complexity index is 1690. The first kappa shape index (κ1) is 27.9. The number of fused-ring (bicyclic) bond motifs is 5. The number of carbonyl (C=O) groups excluding carboxylic acids is 3. The fourth-order valence-electron chi connectivity index (χ4n) is 6.07. The monoisotopic (exact) mass is 575 g/mol. The molecule has 2 N–H and O–H groups in total. The molecule has 6 rings (SSSR count). The largest absolute Gasteiger partial charge is 0.458 e. The molecule has 5 heterocycles. The Balaban J connectivity index is 1.27. The smallest absolute Gasteiger partial charge is 0.413 e. The third-order valence-corrected chi connectivity index (χ3v) is 8.58. The maximum absolute atomic E-state index is 13.5. The van der Waals surface area contributed by atoms with E-state index in [0.29, 0.717) is 42.2 Å². The van der Waals surface area contributed by atoms with Gasteiger partial charge >= 0.3 is 12.1 Å². The normalized spacial score (nSPS) is 19.6. The molecular weight excluding hydrogens is 542 g/mol. The summed E-state index contributed by atoms with van der Waals surface area (Å²) in [5.74, 6) is -0.618. The van der Waals surface area contributed by atoms with Gasteiger partial charge in [-0.05, 0) is 49.7 Å². The zero-order valence-electron chi connectivity index (χ0n) is 23.9. The van der Waals surface area contributed by atoms with Crippen LogP contribution in [0.2, 0.25) is 0 Å². The molecular formula is C30H33N5O7. The number of cyclic esters (lactones) is 1. The number of amides is 2. The molecule has 0 unspecified atom stereocenters. The van der Waals surface area contributed by atoms with Crippen LogP contribution in [0.15, 0.2) is 29.1 Å². The summed E-state index contributed by atoms with van der Waals surface area (Å²) in [6.45, 7) is 6.44. The Labute approximate surface area is 241 Å². The number of aliphatic hydroxyl groups is 1. The van der Waals surface area contributed by atoms with E-state index in [1.54, 1.807) is 40.7 Å². The Morgan fingerprint density at radius 1 is 1.12 bits per heavy atom. The molecule has 12 heteroatoms. The first-order chi connectivity index (χ1) is 20.1. The van der Waals surface area contributed by atoms with Crippen molar-refractivity contribution in [2.45, 2.75) is 45.4 Å². The van der Waals surface area contributed by atoms with Gasteiger partial charge in [-0.3, -0.25) is 9.59 Å². The maximum Gasteiger partial charge on any atom is 0.413 e. The van der Waals surface area contributed by atoms with Crippen molar-refractivity contribution in [3.8, 4) is 17.1 Å². The van der Waals surface area contributed by atoms with Gasteiger partial charge in [-0.15, -0.1) is 0 Å². The minimum Gasteiger partial charge on any atom is -0.458 e. The lowest BCUT2D eigenvalue weighted by molar-refractivity contribution is -0.172. The van der Waals surface area contributed by atoms with Crippen LogP contribution in [0.3, 0.4) is 0 Å². The standard InChI is InChI=1S/C30H33N5O7/c1-4-18-19-12-17(42-29(39)31-14-25(36)34-10-8-33(3)9-11-34)6-7-23(19)32-26-20(18)15-35-24(26)13-22-21(27(35)37)16-41-28(38)30(22,40)5-2/h6-7,12-13,40H,4-5,8-11,14-16H2,1-3H3,(H,31,39)/t30-/m0/s1. The number of nitrogens with zero attached hydrogens (tertiary/aromatic N) is 4. The number of ether oxygens (including phenoxy) is 2. The molecule has 0 aliphatic carbocycles. The third kappa shape index (κ3) is 4.51. The number of aromatic nitrogens is 2. The number of benzene rings is 1. The Hall–Kier alpha value is -4.29. The van der Waals surface area contributed by atoms with Crippen LogP contribution in [0.5, 0.6) is 5.75 Å². The predicted molar refractivity (Wildman–Crippen MR) is 152 cm³/mol. The first-order valence-corrected chi connectivity index (χ1v) is 14.2. The van der Waals surface area contributed by atoms with E-state index in [2.05, 4.69) is 10.2 Å². The molecule has 0 bridgehead atoms. The number of nitrogens with one attached hydrogen (secondary N) is 1. The van der Waals surface area contributed by atoms with Crippen molar-refractivity contribution >= 4 is 28.9 Å². The second-order valence-electron chi connectivity index (χ2n) is 11.0. The summed E-state index contributed by atoms with van der Waals surface area (Å²) in [6, 6.07) is 6.80. The van der Waals surface area contributed by atoms with E-state index in [9.17, 15) is 24.3 Å². The number of hydrogen-bond acceptors (Lipinski definition) is 9. The van der Waals surface area contributed by atoms with Crippen molar-refractivity contribution in [3.05, 3.63) is 56.9 Å². The fraction of sp³-hybridized carbons (Fsp3) is 0.433. The van der Waals surface area contributed by atoms with Crippen molar-refractivity contribution in [1.82, 2.24) is 24.7 Å². The van der Waals surface area contributed by atoms with Crippen molar-refractivity contribution in [2.75, 3.05) is 39.8 Å². The Morgan fingerprint density at radius 2 is 1.88 bits per heavy atom. The Kier molecular flexibility index (Phi) is 6.98. The van der Waals surface area contributed by atoms with E-state index >= 15 is 0 Å². The van der Waals surface area contributed by atoms with Crippen LogP contribution in [0, 0.1) is 0 Å². The van der Waals surface area contributed by atoms with Gasteiger partial charge in [0.15, 0.2) is 5.60 Å². The van der Waals surface area contributed by atoms with Crippen LogP contribution in [0.1, 0.15) is 42.5 Å². The van der Waals surface area contributed by atoms with Crippen molar-refractivity contribution in [3.63, 3.8) is 0 Å². The average molecular weight is 576 g/mol. The number of likely N-dealkylation sites (N-methyl/N-ethyl adjacent to an activating group) is 1. The minimum atomic E-state index is -1.89. The van der Waals surface area contributed by atoms with Gasteiger partial charge in [0.2, 0.25) is 5.91 Å². The Morgan fingerprint density at radius 3 is 2.60 bits per heavy atom. The molecule has 1 aromatic carbocycles. The van der Waals surface area contributed by atoms with Crippen molar-refractivity contribution in [2.24, 2.45) is 0 Å². The van der Waals surface area contributed by atoms with Crippen LogP contribution >= 0.6 is 0 Å². The van der Waals surface area contributed by atoms with E-state index < -0.39 is 17.7 Å². The molecule has 42 heavy (non-hydrogen) atoms. The molecule has 3 aromatic rings. The van der Waals surface area contributed by atoms with Gasteiger partial charge in [0.05, 0.1) is 29.0 Å². The highest BCUT2D eigenvalue weighted by Crippen LogP contribution is 2.40. The number of hydrogen-bond donors (Lipinski definition) is 2. The quantitative estimate of drug-likeness (QED) is 0.339. The SMILES string of the molecule is CCc1c2c(nc3ccc(OC(=O)NCC(=O)N4CCN(C)CC4)cc13)-c1cc3c(c(=O)n1C2)COC(=O)[C@]3(O)CC. The van der Waals surface area contributed by atoms with Gasteiger partial charge in [0, 0.05) is 42.7 Å². The van der Waals surface area contributed by atoms with E-state index in [1.807, 2.05) is 14.0 Å². The highest BCUT2D eigenvalue weighted by Gasteiger charge is 2.45. The molecule has 3 aliphatic heterocycles. The highest BCUT2D eigenvalue weighted by molar-refractivity contribution is 5.90. The van der Waals surface area contributed by atoms with Crippen molar-refractivity contribution in [1.29, 1.82) is 0 Å². The molecule has 3 aliphatic rings. The number of esters is 1. The summed E-state index contributed by atoms with van der Waals surface area (Å²) < 4.78 is 12.3. The summed E-state index contributed by atoms with van der Waals surface area (Å²) >= 11 is 0. The van der Waals surface area contributed by atoms with Gasteiger partial charge in [0.25, 0.3) is 5.56 Å². The van der Waals surface area contributed by atoms with Gasteiger partial charge < -0.3 is 34.3 Å². The molecule has 220 valence electrons. The lowest BCUT2D eigenvalue weighted by atomic mass is 9.86. The van der Waals surface area contributed by atoms with Gasteiger partial charge in [0.1, 0.15) is 18.9 Å². The predicted octanol–water partition coefficient (Wildman–Crippen LogP) is 1.50. The zero-order chi connectivity index (χ0) is 29.8. The van der Waals surface area contributed by atoms with E-state index in [4.69, 9.17) is 14.5 Å². The van der Waals surface area contributed by atoms with Gasteiger partial charge in [-0.1, -0.05) is 13.8 Å². The van der Waals surface area contributed by atoms with Crippen molar-refractivity contribution < 1.29 is 29.0 Å². The number of rotatable bonds is 5. The summed E-state index contributed by atoms with van der Waals surface area (Å²) in [7, 11) is 2.01. The summed E-state index contributed by atoms with van der Waals surface area (Å²) in [4.78, 5) is 59.7. The van der Waals surface area contributed by atoms with Crippen LogP contribution in [0.4, 0.5) is 4.79 Å². The topological polar surface area (TPSA) is 143 Å². The summed E-state index contributed by atoms with van der Waals surface area (Å²) in [5, 5.41) is 14.4. The number of piperazine rings is 1.